The van der Waals surface area contributed by atoms with Crippen molar-refractivity contribution in [3.8, 4) is 0 Å². The van der Waals surface area contributed by atoms with Gasteiger partial charge in [-0.1, -0.05) is 0 Å². The second-order valence-corrected chi connectivity index (χ2v) is 7.81. The Morgan fingerprint density at radius 3 is 2.58 bits per heavy atom. The van der Waals surface area contributed by atoms with Crippen LogP contribution in [0.25, 0.3) is 0 Å². The number of ether oxygens (including phenoxy) is 2. The minimum absolute atomic E-state index is 0.0654. The summed E-state index contributed by atoms with van der Waals surface area (Å²) in [6, 6.07) is -0.500. The first-order valence-corrected chi connectivity index (χ1v) is 7.74. The summed E-state index contributed by atoms with van der Waals surface area (Å²) in [4.78, 5) is 0. The summed E-state index contributed by atoms with van der Waals surface area (Å²) in [6.07, 6.45) is -0.385. The van der Waals surface area contributed by atoms with Gasteiger partial charge in [0.05, 0.1) is 24.9 Å². The van der Waals surface area contributed by atoms with Gasteiger partial charge in [-0.3, -0.25) is 0 Å². The van der Waals surface area contributed by atoms with Crippen LogP contribution in [-0.4, -0.2) is 61.9 Å². The molecule has 2 aliphatic rings. The third kappa shape index (κ3) is 3.42. The number of halogens is 2. The molecule has 8 heteroatoms. The second kappa shape index (κ2) is 4.61. The van der Waals surface area contributed by atoms with Crippen LogP contribution in [0.2, 0.25) is 0 Å². The number of hydrogen-bond acceptors (Lipinski definition) is 4. The topological polar surface area (TPSA) is 55.8 Å². The Labute approximate surface area is 111 Å². The Kier molecular flexibility index (Phi) is 3.66. The van der Waals surface area contributed by atoms with Crippen molar-refractivity contribution in [1.29, 1.82) is 0 Å². The van der Waals surface area contributed by atoms with Crippen LogP contribution in [0.15, 0.2) is 0 Å². The van der Waals surface area contributed by atoms with E-state index in [0.29, 0.717) is 13.5 Å². The Morgan fingerprint density at radius 1 is 1.37 bits per heavy atom. The number of fused-ring (bicyclic) bond motifs is 1. The number of rotatable bonds is 3. The van der Waals surface area contributed by atoms with Crippen LogP contribution in [0, 0.1) is 0 Å². The van der Waals surface area contributed by atoms with Gasteiger partial charge in [0, 0.05) is 13.5 Å². The largest absolute Gasteiger partial charge is 0.377 e. The SMILES string of the molecule is CC(F)(F)CS(=O)(=O)N1CC(C)(C)O[C@@H]2COC[C@H]21. The second-order valence-electron chi connectivity index (χ2n) is 5.89. The predicted octanol–water partition coefficient (Wildman–Crippen LogP) is 0.850. The van der Waals surface area contributed by atoms with Gasteiger partial charge in [-0.15, -0.1) is 0 Å². The molecular weight excluding hydrogens is 280 g/mol. The first-order chi connectivity index (χ1) is 8.50. The number of morpholine rings is 1. The van der Waals surface area contributed by atoms with Gasteiger partial charge in [-0.05, 0) is 13.8 Å². The molecule has 0 aromatic rings. The van der Waals surface area contributed by atoms with E-state index in [4.69, 9.17) is 9.47 Å². The van der Waals surface area contributed by atoms with Crippen molar-refractivity contribution in [1.82, 2.24) is 4.31 Å². The summed E-state index contributed by atoms with van der Waals surface area (Å²) in [5.74, 6) is -4.43. The predicted molar refractivity (Wildman–Crippen MR) is 64.7 cm³/mol. The summed E-state index contributed by atoms with van der Waals surface area (Å²) in [6.45, 7) is 4.65. The highest BCUT2D eigenvalue weighted by Crippen LogP contribution is 2.32. The van der Waals surface area contributed by atoms with Crippen LogP contribution in [0.4, 0.5) is 8.78 Å². The van der Waals surface area contributed by atoms with E-state index in [0.717, 1.165) is 4.31 Å². The van der Waals surface area contributed by atoms with E-state index in [9.17, 15) is 17.2 Å². The lowest BCUT2D eigenvalue weighted by Crippen LogP contribution is -2.61. The van der Waals surface area contributed by atoms with Crippen LogP contribution in [-0.2, 0) is 19.5 Å². The van der Waals surface area contributed by atoms with Gasteiger partial charge in [0.2, 0.25) is 10.0 Å². The minimum Gasteiger partial charge on any atom is -0.377 e. The average molecular weight is 299 g/mol. The standard InChI is InChI=1S/C11H19F2NO4S/c1-10(2)6-14(8-4-17-5-9(8)18-10)19(15,16)7-11(3,12)13/h8-9H,4-7H2,1-3H3/t8-,9-/m1/s1. The Bertz CT molecular complexity index is 446. The van der Waals surface area contributed by atoms with Crippen LogP contribution in [0.5, 0.6) is 0 Å². The first kappa shape index (κ1) is 15.1. The molecule has 2 rings (SSSR count). The van der Waals surface area contributed by atoms with Gasteiger partial charge in [0.15, 0.2) is 0 Å². The molecule has 2 atom stereocenters. The summed E-state index contributed by atoms with van der Waals surface area (Å²) in [5.41, 5.74) is -0.703. The summed E-state index contributed by atoms with van der Waals surface area (Å²) >= 11 is 0. The zero-order valence-corrected chi connectivity index (χ0v) is 12.0. The molecule has 0 amide bonds. The van der Waals surface area contributed by atoms with Crippen molar-refractivity contribution >= 4 is 10.0 Å². The number of nitrogens with zero attached hydrogens (tertiary/aromatic N) is 1. The fourth-order valence-electron chi connectivity index (χ4n) is 2.55. The lowest BCUT2D eigenvalue weighted by atomic mass is 10.0. The van der Waals surface area contributed by atoms with Gasteiger partial charge < -0.3 is 9.47 Å². The molecule has 0 saturated carbocycles. The zero-order valence-electron chi connectivity index (χ0n) is 11.2. The molecule has 0 aliphatic carbocycles. The molecule has 0 spiro atoms. The van der Waals surface area contributed by atoms with Gasteiger partial charge >= 0.3 is 0 Å². The molecule has 2 saturated heterocycles. The van der Waals surface area contributed by atoms with Crippen molar-refractivity contribution in [3.63, 3.8) is 0 Å². The van der Waals surface area contributed by atoms with Crippen molar-refractivity contribution in [2.45, 2.75) is 44.4 Å². The summed E-state index contributed by atoms with van der Waals surface area (Å²) in [7, 11) is -4.04. The molecule has 19 heavy (non-hydrogen) atoms. The lowest BCUT2D eigenvalue weighted by Gasteiger charge is -2.44. The molecule has 2 heterocycles. The quantitative estimate of drug-likeness (QED) is 0.775. The summed E-state index contributed by atoms with van der Waals surface area (Å²) in [5, 5.41) is 0. The van der Waals surface area contributed by atoms with E-state index in [1.165, 1.54) is 0 Å². The van der Waals surface area contributed by atoms with E-state index in [1.54, 1.807) is 13.8 Å². The Balaban J connectivity index is 2.26. The normalized spacial score (nSPS) is 32.3. The van der Waals surface area contributed by atoms with Crippen LogP contribution in [0.3, 0.4) is 0 Å². The smallest absolute Gasteiger partial charge is 0.260 e. The number of hydrogen-bond donors (Lipinski definition) is 0. The molecule has 112 valence electrons. The molecule has 2 fully saturated rings. The monoisotopic (exact) mass is 299 g/mol. The van der Waals surface area contributed by atoms with Crippen molar-refractivity contribution in [2.75, 3.05) is 25.5 Å². The fraction of sp³-hybridized carbons (Fsp3) is 1.00. The molecule has 2 aliphatic heterocycles. The van der Waals surface area contributed by atoms with E-state index in [2.05, 4.69) is 0 Å². The maximum absolute atomic E-state index is 13.0. The minimum atomic E-state index is -4.04. The molecule has 5 nitrogen and oxygen atoms in total. The zero-order chi connectivity index (χ0) is 14.5. The molecule has 0 N–H and O–H groups in total. The van der Waals surface area contributed by atoms with Crippen LogP contribution < -0.4 is 0 Å². The third-order valence-corrected chi connectivity index (χ3v) is 5.16. The first-order valence-electron chi connectivity index (χ1n) is 6.13. The number of sulfonamides is 1. The van der Waals surface area contributed by atoms with E-state index in [1.807, 2.05) is 0 Å². The van der Waals surface area contributed by atoms with Gasteiger partial charge in [-0.25, -0.2) is 17.2 Å². The molecular formula is C11H19F2NO4S. The molecule has 0 bridgehead atoms. The maximum atomic E-state index is 13.0. The maximum Gasteiger partial charge on any atom is 0.260 e. The highest BCUT2D eigenvalue weighted by molar-refractivity contribution is 7.89. The van der Waals surface area contributed by atoms with Gasteiger partial charge in [-0.2, -0.15) is 4.31 Å². The van der Waals surface area contributed by atoms with E-state index in [-0.39, 0.29) is 19.3 Å². The average Bonchev–Trinajstić information content (AvgIpc) is 2.57. The van der Waals surface area contributed by atoms with Crippen molar-refractivity contribution in [2.24, 2.45) is 0 Å². The van der Waals surface area contributed by atoms with Gasteiger partial charge in [0.25, 0.3) is 5.92 Å². The third-order valence-electron chi connectivity index (χ3n) is 3.17. The van der Waals surface area contributed by atoms with Crippen LogP contribution >= 0.6 is 0 Å². The van der Waals surface area contributed by atoms with Crippen LogP contribution in [0.1, 0.15) is 20.8 Å². The molecule has 0 aromatic heterocycles. The molecule has 0 radical (unpaired) electrons. The highest BCUT2D eigenvalue weighted by atomic mass is 32.2. The van der Waals surface area contributed by atoms with E-state index < -0.39 is 33.3 Å². The fourth-order valence-corrected chi connectivity index (χ4v) is 4.48. The summed E-state index contributed by atoms with van der Waals surface area (Å²) < 4.78 is 62.5. The highest BCUT2D eigenvalue weighted by Gasteiger charge is 2.50. The van der Waals surface area contributed by atoms with E-state index >= 15 is 0 Å². The van der Waals surface area contributed by atoms with Crippen molar-refractivity contribution < 1.29 is 26.7 Å². The van der Waals surface area contributed by atoms with Gasteiger partial charge in [0.1, 0.15) is 11.9 Å². The van der Waals surface area contributed by atoms with Crippen molar-refractivity contribution in [3.05, 3.63) is 0 Å². The molecule has 0 unspecified atom stereocenters. The number of alkyl halides is 2. The Morgan fingerprint density at radius 2 is 2.00 bits per heavy atom. The lowest BCUT2D eigenvalue weighted by molar-refractivity contribution is -0.128. The molecule has 0 aromatic carbocycles. The Hall–Kier alpha value is -0.310.